The first-order valence-corrected chi connectivity index (χ1v) is 9.43. The van der Waals surface area contributed by atoms with Gasteiger partial charge in [-0.05, 0) is 30.3 Å². The number of nitrogens with zero attached hydrogens (tertiary/aromatic N) is 1. The highest BCUT2D eigenvalue weighted by atomic mass is 32.1. The van der Waals surface area contributed by atoms with Crippen LogP contribution < -0.4 is 20.3 Å². The number of hydrogen-bond donors (Lipinski definition) is 3. The van der Waals surface area contributed by atoms with Crippen LogP contribution in [0.1, 0.15) is 16.1 Å². The van der Waals surface area contributed by atoms with Gasteiger partial charge in [0.05, 0.1) is 31.9 Å². The third-order valence-electron chi connectivity index (χ3n) is 3.99. The molecule has 2 aromatic carbocycles. The largest absolute Gasteiger partial charge is 0.507 e. The minimum Gasteiger partial charge on any atom is -0.507 e. The predicted molar refractivity (Wildman–Crippen MR) is 108 cm³/mol. The fourth-order valence-corrected chi connectivity index (χ4v) is 3.37. The van der Waals surface area contributed by atoms with Crippen LogP contribution in [0.4, 0.5) is 0 Å². The number of phenolic OH excluding ortho intramolecular Hbond substituents is 1. The van der Waals surface area contributed by atoms with Gasteiger partial charge in [0.25, 0.3) is 5.91 Å². The van der Waals surface area contributed by atoms with Crippen molar-refractivity contribution in [3.05, 3.63) is 59.1 Å². The molecular formula is C20H19N3O5S. The van der Waals surface area contributed by atoms with E-state index in [4.69, 9.17) is 9.47 Å². The molecule has 0 aliphatic heterocycles. The number of ether oxygens (including phenoxy) is 2. The molecule has 0 unspecified atom stereocenters. The lowest BCUT2D eigenvalue weighted by Gasteiger charge is -2.08. The maximum absolute atomic E-state index is 12.1. The SMILES string of the molecule is COc1ccc(-c2nc(CC(=O)NNC(=O)c3ccccc3O)cs2)cc1OC. The summed E-state index contributed by atoms with van der Waals surface area (Å²) in [5.74, 6) is -0.00374. The Bertz CT molecular complexity index is 1030. The minimum atomic E-state index is -0.610. The van der Waals surface area contributed by atoms with E-state index >= 15 is 0 Å². The molecule has 3 rings (SSSR count). The molecule has 9 heteroatoms. The zero-order chi connectivity index (χ0) is 20.8. The second-order valence-corrected chi connectivity index (χ2v) is 6.77. The normalized spacial score (nSPS) is 10.3. The van der Waals surface area contributed by atoms with Crippen LogP contribution in [0.2, 0.25) is 0 Å². The molecule has 150 valence electrons. The van der Waals surface area contributed by atoms with Crippen LogP contribution in [0.3, 0.4) is 0 Å². The van der Waals surface area contributed by atoms with Crippen molar-refractivity contribution in [2.75, 3.05) is 14.2 Å². The molecular weight excluding hydrogens is 394 g/mol. The average Bonchev–Trinajstić information content (AvgIpc) is 3.20. The monoisotopic (exact) mass is 413 g/mol. The summed E-state index contributed by atoms with van der Waals surface area (Å²) in [6.07, 6.45) is -0.00909. The van der Waals surface area contributed by atoms with Crippen LogP contribution in [0.25, 0.3) is 10.6 Å². The number of phenols is 1. The molecule has 3 N–H and O–H groups in total. The Labute approximate surface area is 171 Å². The molecule has 29 heavy (non-hydrogen) atoms. The van der Waals surface area contributed by atoms with Crippen LogP contribution in [-0.2, 0) is 11.2 Å². The van der Waals surface area contributed by atoms with Crippen LogP contribution >= 0.6 is 11.3 Å². The summed E-state index contributed by atoms with van der Waals surface area (Å²) < 4.78 is 10.5. The molecule has 0 aliphatic rings. The number of hydrogen-bond acceptors (Lipinski definition) is 7. The number of methoxy groups -OCH3 is 2. The highest BCUT2D eigenvalue weighted by molar-refractivity contribution is 7.13. The smallest absolute Gasteiger partial charge is 0.273 e. The number of carbonyl (C=O) groups is 2. The molecule has 1 heterocycles. The first-order valence-electron chi connectivity index (χ1n) is 8.55. The predicted octanol–water partition coefficient (Wildman–Crippen LogP) is 2.54. The fraction of sp³-hybridized carbons (Fsp3) is 0.150. The van der Waals surface area contributed by atoms with Crippen molar-refractivity contribution in [2.45, 2.75) is 6.42 Å². The quantitative estimate of drug-likeness (QED) is 0.536. The maximum atomic E-state index is 12.1. The van der Waals surface area contributed by atoms with Gasteiger partial charge in [0.1, 0.15) is 10.8 Å². The second kappa shape index (κ2) is 9.07. The van der Waals surface area contributed by atoms with Gasteiger partial charge < -0.3 is 14.6 Å². The Morgan fingerprint density at radius 2 is 1.83 bits per heavy atom. The lowest BCUT2D eigenvalue weighted by Crippen LogP contribution is -2.42. The average molecular weight is 413 g/mol. The topological polar surface area (TPSA) is 110 Å². The summed E-state index contributed by atoms with van der Waals surface area (Å²) in [6, 6.07) is 11.5. The van der Waals surface area contributed by atoms with E-state index in [1.165, 1.54) is 23.5 Å². The summed E-state index contributed by atoms with van der Waals surface area (Å²) in [7, 11) is 3.12. The number of hydrazine groups is 1. The van der Waals surface area contributed by atoms with E-state index in [9.17, 15) is 14.7 Å². The molecule has 8 nitrogen and oxygen atoms in total. The summed E-state index contributed by atoms with van der Waals surface area (Å²) in [5.41, 5.74) is 6.06. The van der Waals surface area contributed by atoms with Crippen molar-refractivity contribution in [1.82, 2.24) is 15.8 Å². The Kier molecular flexibility index (Phi) is 6.30. The number of thiazole rings is 1. The fourth-order valence-electron chi connectivity index (χ4n) is 2.56. The van der Waals surface area contributed by atoms with Crippen molar-refractivity contribution in [2.24, 2.45) is 0 Å². The molecule has 0 bridgehead atoms. The van der Waals surface area contributed by atoms with E-state index < -0.39 is 11.8 Å². The number of carbonyl (C=O) groups excluding carboxylic acids is 2. The zero-order valence-electron chi connectivity index (χ0n) is 15.8. The first kappa shape index (κ1) is 20.2. The number of benzene rings is 2. The third kappa shape index (κ3) is 4.82. The van der Waals surface area contributed by atoms with Crippen molar-refractivity contribution >= 4 is 23.2 Å². The van der Waals surface area contributed by atoms with E-state index in [1.54, 1.807) is 37.8 Å². The molecule has 2 amide bonds. The van der Waals surface area contributed by atoms with Gasteiger partial charge >= 0.3 is 0 Å². The highest BCUT2D eigenvalue weighted by Gasteiger charge is 2.14. The highest BCUT2D eigenvalue weighted by Crippen LogP contribution is 2.33. The molecule has 0 saturated carbocycles. The number of para-hydroxylation sites is 1. The Balaban J connectivity index is 1.61. The van der Waals surface area contributed by atoms with Crippen molar-refractivity contribution in [3.8, 4) is 27.8 Å². The Hall–Kier alpha value is -3.59. The van der Waals surface area contributed by atoms with Crippen LogP contribution in [-0.4, -0.2) is 36.1 Å². The molecule has 0 atom stereocenters. The van der Waals surface area contributed by atoms with Gasteiger partial charge in [-0.25, -0.2) is 4.98 Å². The molecule has 1 aromatic heterocycles. The number of nitrogens with one attached hydrogen (secondary N) is 2. The Morgan fingerprint density at radius 3 is 2.55 bits per heavy atom. The summed E-state index contributed by atoms with van der Waals surface area (Å²) in [5, 5.41) is 12.2. The van der Waals surface area contributed by atoms with E-state index in [1.807, 2.05) is 12.1 Å². The number of aromatic hydroxyl groups is 1. The lowest BCUT2D eigenvalue weighted by atomic mass is 10.2. The molecule has 0 aliphatic carbocycles. The van der Waals surface area contributed by atoms with E-state index in [2.05, 4.69) is 15.8 Å². The van der Waals surface area contributed by atoms with Crippen LogP contribution in [0.5, 0.6) is 17.2 Å². The van der Waals surface area contributed by atoms with E-state index in [0.717, 1.165) is 10.6 Å². The van der Waals surface area contributed by atoms with Gasteiger partial charge in [-0.1, -0.05) is 12.1 Å². The van der Waals surface area contributed by atoms with Gasteiger partial charge in [-0.3, -0.25) is 20.4 Å². The summed E-state index contributed by atoms with van der Waals surface area (Å²) in [6.45, 7) is 0. The van der Waals surface area contributed by atoms with E-state index in [0.29, 0.717) is 17.2 Å². The molecule has 0 saturated heterocycles. The van der Waals surface area contributed by atoms with E-state index in [-0.39, 0.29) is 17.7 Å². The molecule has 3 aromatic rings. The van der Waals surface area contributed by atoms with Gasteiger partial charge in [-0.15, -0.1) is 11.3 Å². The number of rotatable bonds is 6. The van der Waals surface area contributed by atoms with Gasteiger partial charge in [0.2, 0.25) is 5.91 Å². The van der Waals surface area contributed by atoms with Gasteiger partial charge in [0.15, 0.2) is 11.5 Å². The number of amides is 2. The molecule has 0 spiro atoms. The number of aromatic nitrogens is 1. The minimum absolute atomic E-state index is 0.00909. The van der Waals surface area contributed by atoms with Crippen molar-refractivity contribution in [1.29, 1.82) is 0 Å². The van der Waals surface area contributed by atoms with Gasteiger partial charge in [0, 0.05) is 10.9 Å². The summed E-state index contributed by atoms with van der Waals surface area (Å²) >= 11 is 1.39. The lowest BCUT2D eigenvalue weighted by molar-refractivity contribution is -0.121. The van der Waals surface area contributed by atoms with Gasteiger partial charge in [-0.2, -0.15) is 0 Å². The standard InChI is InChI=1S/C20H19N3O5S/c1-27-16-8-7-12(9-17(16)28-2)20-21-13(11-29-20)10-18(25)22-23-19(26)14-5-3-4-6-15(14)24/h3-9,11,24H,10H2,1-2H3,(H,22,25)(H,23,26). The molecule has 0 radical (unpaired) electrons. The van der Waals surface area contributed by atoms with Crippen LogP contribution in [0.15, 0.2) is 47.8 Å². The Morgan fingerprint density at radius 1 is 1.07 bits per heavy atom. The maximum Gasteiger partial charge on any atom is 0.273 e. The van der Waals surface area contributed by atoms with Crippen LogP contribution in [0, 0.1) is 0 Å². The van der Waals surface area contributed by atoms with Crippen molar-refractivity contribution < 1.29 is 24.2 Å². The molecule has 0 fully saturated rings. The third-order valence-corrected chi connectivity index (χ3v) is 4.93. The first-order chi connectivity index (χ1) is 14.0. The summed E-state index contributed by atoms with van der Waals surface area (Å²) in [4.78, 5) is 28.6. The second-order valence-electron chi connectivity index (χ2n) is 5.91. The van der Waals surface area contributed by atoms with Crippen molar-refractivity contribution in [3.63, 3.8) is 0 Å². The zero-order valence-corrected chi connectivity index (χ0v) is 16.6.